The van der Waals surface area contributed by atoms with Crippen molar-refractivity contribution < 1.29 is 14.6 Å². The van der Waals surface area contributed by atoms with Crippen molar-refractivity contribution in [3.05, 3.63) is 27.7 Å². The van der Waals surface area contributed by atoms with E-state index in [1.165, 1.54) is 0 Å². The molecule has 1 aromatic carbocycles. The molecule has 0 radical (unpaired) electrons. The van der Waals surface area contributed by atoms with Gasteiger partial charge < -0.3 is 9.84 Å². The van der Waals surface area contributed by atoms with Crippen LogP contribution in [0.5, 0.6) is 5.75 Å². The maximum Gasteiger partial charge on any atom is 0.304 e. The number of rotatable bonds is 5. The molecular weight excluding hydrogens is 308 g/mol. The van der Waals surface area contributed by atoms with Gasteiger partial charge in [0, 0.05) is 15.5 Å². The third-order valence-electron chi connectivity index (χ3n) is 3.82. The van der Waals surface area contributed by atoms with Crippen LogP contribution >= 0.6 is 15.9 Å². The zero-order valence-electron chi connectivity index (χ0n) is 11.5. The Balaban J connectivity index is 2.53. The highest BCUT2D eigenvalue weighted by atomic mass is 79.9. The van der Waals surface area contributed by atoms with E-state index in [1.54, 1.807) is 7.11 Å². The van der Waals surface area contributed by atoms with Crippen molar-refractivity contribution in [3.63, 3.8) is 0 Å². The Hall–Kier alpha value is -1.03. The van der Waals surface area contributed by atoms with Crippen molar-refractivity contribution in [3.8, 4) is 5.75 Å². The first kappa shape index (κ1) is 14.4. The number of carbonyl (C=O) groups is 1. The lowest BCUT2D eigenvalue weighted by Gasteiger charge is -2.22. The molecule has 104 valence electrons. The van der Waals surface area contributed by atoms with Gasteiger partial charge in [-0.15, -0.1) is 0 Å². The first-order valence-electron chi connectivity index (χ1n) is 6.49. The second-order valence-electron chi connectivity index (χ2n) is 5.58. The fourth-order valence-corrected chi connectivity index (χ4v) is 3.12. The molecule has 0 unspecified atom stereocenters. The van der Waals surface area contributed by atoms with Gasteiger partial charge in [0.1, 0.15) is 5.75 Å². The highest BCUT2D eigenvalue weighted by molar-refractivity contribution is 9.10. The van der Waals surface area contributed by atoms with Gasteiger partial charge >= 0.3 is 5.97 Å². The number of methoxy groups -OCH3 is 1. The monoisotopic (exact) mass is 326 g/mol. The Morgan fingerprint density at radius 3 is 2.53 bits per heavy atom. The summed E-state index contributed by atoms with van der Waals surface area (Å²) < 4.78 is 6.58. The van der Waals surface area contributed by atoms with E-state index >= 15 is 0 Å². The molecule has 1 aliphatic rings. The predicted molar refractivity (Wildman–Crippen MR) is 77.9 cm³/mol. The summed E-state index contributed by atoms with van der Waals surface area (Å²) >= 11 is 3.53. The van der Waals surface area contributed by atoms with Crippen molar-refractivity contribution in [1.29, 1.82) is 0 Å². The van der Waals surface area contributed by atoms with Crippen LogP contribution < -0.4 is 4.74 Å². The Kier molecular flexibility index (Phi) is 3.90. The molecule has 1 saturated carbocycles. The molecule has 4 heteroatoms. The Morgan fingerprint density at radius 1 is 1.47 bits per heavy atom. The standard InChI is InChI=1S/C15H19BrO3/c1-9(2)11-6-10(16)7-12(14(11)19-3)15(4-5-15)8-13(17)18/h6-7,9H,4-5,8H2,1-3H3,(H,17,18). The molecule has 0 aliphatic heterocycles. The van der Waals surface area contributed by atoms with E-state index in [0.29, 0.717) is 5.92 Å². The lowest BCUT2D eigenvalue weighted by Crippen LogP contribution is -2.15. The van der Waals surface area contributed by atoms with Crippen molar-refractivity contribution in [1.82, 2.24) is 0 Å². The number of halogens is 1. The summed E-state index contributed by atoms with van der Waals surface area (Å²) in [5.41, 5.74) is 1.93. The van der Waals surface area contributed by atoms with Gasteiger partial charge in [-0.25, -0.2) is 0 Å². The van der Waals surface area contributed by atoms with Crippen LogP contribution in [0.3, 0.4) is 0 Å². The van der Waals surface area contributed by atoms with Crippen molar-refractivity contribution in [2.24, 2.45) is 0 Å². The zero-order chi connectivity index (χ0) is 14.2. The van der Waals surface area contributed by atoms with Gasteiger partial charge in [0.2, 0.25) is 0 Å². The van der Waals surface area contributed by atoms with Crippen molar-refractivity contribution in [2.45, 2.75) is 44.4 Å². The Bertz CT molecular complexity index is 504. The molecule has 1 fully saturated rings. The summed E-state index contributed by atoms with van der Waals surface area (Å²) in [4.78, 5) is 11.1. The van der Waals surface area contributed by atoms with Crippen LogP contribution in [0.25, 0.3) is 0 Å². The lowest BCUT2D eigenvalue weighted by molar-refractivity contribution is -0.137. The molecule has 0 spiro atoms. The number of aliphatic carboxylic acids is 1. The summed E-state index contributed by atoms with van der Waals surface area (Å²) in [5.74, 6) is 0.453. The quantitative estimate of drug-likeness (QED) is 0.886. The molecule has 0 amide bonds. The average molecular weight is 327 g/mol. The van der Waals surface area contributed by atoms with E-state index in [-0.39, 0.29) is 11.8 Å². The fourth-order valence-electron chi connectivity index (χ4n) is 2.65. The molecule has 0 aromatic heterocycles. The average Bonchev–Trinajstić information content (AvgIpc) is 3.07. The van der Waals surface area contributed by atoms with Crippen LogP contribution in [0.15, 0.2) is 16.6 Å². The number of carboxylic acids is 1. The van der Waals surface area contributed by atoms with Crippen LogP contribution in [-0.2, 0) is 10.2 Å². The molecule has 3 nitrogen and oxygen atoms in total. The van der Waals surface area contributed by atoms with Crippen molar-refractivity contribution >= 4 is 21.9 Å². The molecule has 0 bridgehead atoms. The smallest absolute Gasteiger partial charge is 0.304 e. The summed E-state index contributed by atoms with van der Waals surface area (Å²) in [6, 6.07) is 4.07. The minimum atomic E-state index is -0.745. The van der Waals surface area contributed by atoms with Gasteiger partial charge in [-0.05, 0) is 36.5 Å². The van der Waals surface area contributed by atoms with E-state index < -0.39 is 5.97 Å². The Labute approximate surface area is 122 Å². The number of benzene rings is 1. The van der Waals surface area contributed by atoms with Gasteiger partial charge in [-0.2, -0.15) is 0 Å². The van der Waals surface area contributed by atoms with Gasteiger partial charge in [-0.3, -0.25) is 4.79 Å². The minimum Gasteiger partial charge on any atom is -0.496 e. The largest absolute Gasteiger partial charge is 0.496 e. The number of carboxylic acid groups (broad SMARTS) is 1. The molecular formula is C15H19BrO3. The summed E-state index contributed by atoms with van der Waals surface area (Å²) in [7, 11) is 1.66. The highest BCUT2D eigenvalue weighted by Crippen LogP contribution is 2.55. The van der Waals surface area contributed by atoms with Crippen LogP contribution in [-0.4, -0.2) is 18.2 Å². The second kappa shape index (κ2) is 5.16. The van der Waals surface area contributed by atoms with Gasteiger partial charge in [0.25, 0.3) is 0 Å². The van der Waals surface area contributed by atoms with E-state index in [0.717, 1.165) is 34.2 Å². The number of hydrogen-bond acceptors (Lipinski definition) is 2. The molecule has 1 aliphatic carbocycles. The van der Waals surface area contributed by atoms with Crippen LogP contribution in [0.4, 0.5) is 0 Å². The maximum atomic E-state index is 11.1. The molecule has 0 atom stereocenters. The van der Waals surface area contributed by atoms with Gasteiger partial charge in [-0.1, -0.05) is 29.8 Å². The van der Waals surface area contributed by atoms with Crippen LogP contribution in [0.1, 0.15) is 50.2 Å². The minimum absolute atomic E-state index is 0.178. The van der Waals surface area contributed by atoms with E-state index in [4.69, 9.17) is 9.84 Å². The lowest BCUT2D eigenvalue weighted by atomic mass is 9.88. The molecule has 1 N–H and O–H groups in total. The molecule has 0 saturated heterocycles. The summed E-state index contributed by atoms with van der Waals surface area (Å²) in [6.07, 6.45) is 2.02. The summed E-state index contributed by atoms with van der Waals surface area (Å²) in [5, 5.41) is 9.11. The van der Waals surface area contributed by atoms with E-state index in [9.17, 15) is 4.79 Å². The van der Waals surface area contributed by atoms with Crippen LogP contribution in [0.2, 0.25) is 0 Å². The zero-order valence-corrected chi connectivity index (χ0v) is 13.1. The van der Waals surface area contributed by atoms with Crippen molar-refractivity contribution in [2.75, 3.05) is 7.11 Å². The number of ether oxygens (including phenoxy) is 1. The summed E-state index contributed by atoms with van der Waals surface area (Å²) in [6.45, 7) is 4.23. The van der Waals surface area contributed by atoms with Gasteiger partial charge in [0.15, 0.2) is 0 Å². The topological polar surface area (TPSA) is 46.5 Å². The first-order valence-corrected chi connectivity index (χ1v) is 7.28. The normalized spacial score (nSPS) is 16.5. The Morgan fingerprint density at radius 2 is 2.11 bits per heavy atom. The SMILES string of the molecule is COc1c(C(C)C)cc(Br)cc1C1(CC(=O)O)CC1. The van der Waals surface area contributed by atoms with E-state index in [2.05, 4.69) is 35.8 Å². The molecule has 2 rings (SSSR count). The van der Waals surface area contributed by atoms with Gasteiger partial charge in [0.05, 0.1) is 13.5 Å². The number of hydrogen-bond donors (Lipinski definition) is 1. The van der Waals surface area contributed by atoms with Crippen LogP contribution in [0, 0.1) is 0 Å². The third-order valence-corrected chi connectivity index (χ3v) is 4.28. The third kappa shape index (κ3) is 2.78. The second-order valence-corrected chi connectivity index (χ2v) is 6.50. The first-order chi connectivity index (χ1) is 8.89. The maximum absolute atomic E-state index is 11.1. The predicted octanol–water partition coefficient (Wildman–Crippen LogP) is 4.09. The molecule has 19 heavy (non-hydrogen) atoms. The molecule has 1 aromatic rings. The molecule has 0 heterocycles. The van der Waals surface area contributed by atoms with E-state index in [1.807, 2.05) is 6.07 Å². The highest BCUT2D eigenvalue weighted by Gasteiger charge is 2.48. The fraction of sp³-hybridized carbons (Fsp3) is 0.533.